The van der Waals surface area contributed by atoms with Crippen molar-refractivity contribution in [3.63, 3.8) is 0 Å². The highest BCUT2D eigenvalue weighted by atomic mass is 32.2. The second-order valence-electron chi connectivity index (χ2n) is 7.80. The van der Waals surface area contributed by atoms with Gasteiger partial charge in [-0.3, -0.25) is 9.69 Å². The van der Waals surface area contributed by atoms with Gasteiger partial charge in [-0.05, 0) is 31.0 Å². The number of hydrogen-bond acceptors (Lipinski definition) is 7. The molecule has 8 heteroatoms. The minimum Gasteiger partial charge on any atom is -0.493 e. The van der Waals surface area contributed by atoms with Gasteiger partial charge in [0.1, 0.15) is 5.75 Å². The minimum atomic E-state index is -0.766. The van der Waals surface area contributed by atoms with E-state index < -0.39 is 6.23 Å². The molecule has 7 nitrogen and oxygen atoms in total. The Hall–Kier alpha value is -3.13. The molecule has 0 bridgehead atoms. The maximum atomic E-state index is 12.9. The maximum Gasteiger partial charge on any atom is 0.247 e. The minimum absolute atomic E-state index is 0.163. The molecule has 0 saturated heterocycles. The first kappa shape index (κ1) is 22.1. The predicted molar refractivity (Wildman–Crippen MR) is 125 cm³/mol. The van der Waals surface area contributed by atoms with E-state index in [-0.39, 0.29) is 5.91 Å². The smallest absolute Gasteiger partial charge is 0.247 e. The number of thioether (sulfide) groups is 1. The predicted octanol–water partition coefficient (Wildman–Crippen LogP) is 5.13. The highest BCUT2D eigenvalue weighted by molar-refractivity contribution is 7.99. The van der Waals surface area contributed by atoms with Crippen molar-refractivity contribution in [1.82, 2.24) is 15.2 Å². The zero-order valence-electron chi connectivity index (χ0n) is 18.6. The fraction of sp³-hybridized carbons (Fsp3) is 0.333. The van der Waals surface area contributed by atoms with E-state index in [1.165, 1.54) is 18.7 Å². The quantitative estimate of drug-likeness (QED) is 0.482. The van der Waals surface area contributed by atoms with Gasteiger partial charge in [-0.2, -0.15) is 4.98 Å². The standard InChI is InChI=1S/C24H26N4O3S/c1-5-30-20-13-9-7-11-18(20)23-28(16(4)29)19-12-8-6-10-17(19)21-22(31-23)25-24(27-26-21)32-14-15(2)3/h6-13,15,23H,5,14H2,1-4H3. The lowest BCUT2D eigenvalue weighted by molar-refractivity contribution is -0.118. The first-order valence-corrected chi connectivity index (χ1v) is 11.6. The Morgan fingerprint density at radius 2 is 1.91 bits per heavy atom. The van der Waals surface area contributed by atoms with Gasteiger partial charge in [-0.25, -0.2) is 0 Å². The molecule has 32 heavy (non-hydrogen) atoms. The summed E-state index contributed by atoms with van der Waals surface area (Å²) in [4.78, 5) is 19.2. The number of ether oxygens (including phenoxy) is 2. The summed E-state index contributed by atoms with van der Waals surface area (Å²) in [7, 11) is 0. The summed E-state index contributed by atoms with van der Waals surface area (Å²) in [6, 6.07) is 15.2. The number of amides is 1. The molecule has 1 unspecified atom stereocenters. The highest BCUT2D eigenvalue weighted by Gasteiger charge is 2.36. The van der Waals surface area contributed by atoms with Crippen molar-refractivity contribution in [3.05, 3.63) is 54.1 Å². The summed E-state index contributed by atoms with van der Waals surface area (Å²) < 4.78 is 12.3. The van der Waals surface area contributed by atoms with Crippen molar-refractivity contribution < 1.29 is 14.3 Å². The first-order valence-electron chi connectivity index (χ1n) is 10.6. The van der Waals surface area contributed by atoms with Crippen LogP contribution in [0.1, 0.15) is 39.5 Å². The molecule has 1 amide bonds. The molecule has 3 aromatic rings. The summed E-state index contributed by atoms with van der Waals surface area (Å²) in [6.45, 7) is 8.23. The molecule has 0 saturated carbocycles. The Morgan fingerprint density at radius 3 is 2.66 bits per heavy atom. The second kappa shape index (κ2) is 9.56. The number of para-hydroxylation sites is 2. The fourth-order valence-corrected chi connectivity index (χ4v) is 4.26. The average Bonchev–Trinajstić information content (AvgIpc) is 2.92. The number of hydrogen-bond donors (Lipinski definition) is 0. The van der Waals surface area contributed by atoms with Crippen molar-refractivity contribution in [1.29, 1.82) is 0 Å². The summed E-state index contributed by atoms with van der Waals surface area (Å²) in [6.07, 6.45) is -0.766. The molecular weight excluding hydrogens is 424 g/mol. The van der Waals surface area contributed by atoms with Gasteiger partial charge in [-0.15, -0.1) is 10.2 Å². The normalized spacial score (nSPS) is 14.9. The van der Waals surface area contributed by atoms with Crippen LogP contribution in [0.5, 0.6) is 11.6 Å². The van der Waals surface area contributed by atoms with Gasteiger partial charge in [0.2, 0.25) is 23.2 Å². The molecule has 166 valence electrons. The number of aromatic nitrogens is 3. The Balaban J connectivity index is 1.89. The Morgan fingerprint density at radius 1 is 1.16 bits per heavy atom. The summed E-state index contributed by atoms with van der Waals surface area (Å²) in [5.74, 6) is 2.20. The number of carbonyl (C=O) groups excluding carboxylic acids is 1. The van der Waals surface area contributed by atoms with Crippen LogP contribution >= 0.6 is 11.8 Å². The molecule has 2 aromatic carbocycles. The van der Waals surface area contributed by atoms with E-state index in [4.69, 9.17) is 9.47 Å². The summed E-state index contributed by atoms with van der Waals surface area (Å²) >= 11 is 1.53. The Bertz CT molecular complexity index is 1120. The molecule has 4 rings (SSSR count). The van der Waals surface area contributed by atoms with Crippen molar-refractivity contribution in [3.8, 4) is 22.9 Å². The molecule has 0 fully saturated rings. The van der Waals surface area contributed by atoms with E-state index in [9.17, 15) is 4.79 Å². The molecule has 1 aliphatic rings. The molecule has 0 radical (unpaired) electrons. The van der Waals surface area contributed by atoms with Crippen LogP contribution in [0.25, 0.3) is 11.3 Å². The lowest BCUT2D eigenvalue weighted by atomic mass is 10.1. The molecule has 1 aliphatic heterocycles. The van der Waals surface area contributed by atoms with E-state index in [1.807, 2.05) is 55.5 Å². The van der Waals surface area contributed by atoms with Crippen LogP contribution in [0.3, 0.4) is 0 Å². The summed E-state index contributed by atoms with van der Waals surface area (Å²) in [5, 5.41) is 9.31. The molecule has 1 atom stereocenters. The van der Waals surface area contributed by atoms with Gasteiger partial charge in [0.05, 0.1) is 17.9 Å². The van der Waals surface area contributed by atoms with E-state index in [1.54, 1.807) is 4.90 Å². The van der Waals surface area contributed by atoms with Crippen molar-refractivity contribution in [2.75, 3.05) is 17.3 Å². The van der Waals surface area contributed by atoms with Crippen LogP contribution in [0.4, 0.5) is 5.69 Å². The average molecular weight is 451 g/mol. The molecule has 2 heterocycles. The third-order valence-electron chi connectivity index (χ3n) is 4.88. The molecular formula is C24H26N4O3S. The van der Waals surface area contributed by atoms with E-state index in [0.717, 1.165) is 16.9 Å². The Labute approximate surface area is 192 Å². The van der Waals surface area contributed by atoms with Gasteiger partial charge >= 0.3 is 0 Å². The van der Waals surface area contributed by atoms with Gasteiger partial charge in [0.15, 0.2) is 5.69 Å². The van der Waals surface area contributed by atoms with Gasteiger partial charge in [-0.1, -0.05) is 55.9 Å². The van der Waals surface area contributed by atoms with Crippen LogP contribution in [0.2, 0.25) is 0 Å². The number of carbonyl (C=O) groups is 1. The first-order chi connectivity index (χ1) is 15.5. The Kier molecular flexibility index (Phi) is 6.60. The third-order valence-corrected chi connectivity index (χ3v) is 6.15. The molecule has 0 aliphatic carbocycles. The van der Waals surface area contributed by atoms with Crippen molar-refractivity contribution >= 4 is 23.4 Å². The van der Waals surface area contributed by atoms with Gasteiger partial charge in [0, 0.05) is 18.2 Å². The lowest BCUT2D eigenvalue weighted by Crippen LogP contribution is -2.36. The zero-order chi connectivity index (χ0) is 22.7. The van der Waals surface area contributed by atoms with Crippen LogP contribution in [-0.2, 0) is 4.79 Å². The highest BCUT2D eigenvalue weighted by Crippen LogP contribution is 2.44. The van der Waals surface area contributed by atoms with Gasteiger partial charge < -0.3 is 9.47 Å². The summed E-state index contributed by atoms with van der Waals surface area (Å²) in [5.41, 5.74) is 2.68. The zero-order valence-corrected chi connectivity index (χ0v) is 19.4. The largest absolute Gasteiger partial charge is 0.493 e. The number of rotatable bonds is 6. The van der Waals surface area contributed by atoms with Gasteiger partial charge in [0.25, 0.3) is 0 Å². The van der Waals surface area contributed by atoms with E-state index in [2.05, 4.69) is 29.0 Å². The lowest BCUT2D eigenvalue weighted by Gasteiger charge is -2.30. The van der Waals surface area contributed by atoms with Crippen molar-refractivity contribution in [2.24, 2.45) is 5.92 Å². The SMILES string of the molecule is CCOc1ccccc1C1Oc2nc(SCC(C)C)nnc2-c2ccccc2N1C(C)=O. The molecule has 1 aromatic heterocycles. The molecule has 0 spiro atoms. The second-order valence-corrected chi connectivity index (χ2v) is 8.79. The van der Waals surface area contributed by atoms with Crippen LogP contribution < -0.4 is 14.4 Å². The van der Waals surface area contributed by atoms with Crippen LogP contribution in [0, 0.1) is 5.92 Å². The van der Waals surface area contributed by atoms with E-state index in [0.29, 0.717) is 40.7 Å². The number of benzene rings is 2. The third kappa shape index (κ3) is 4.41. The van der Waals surface area contributed by atoms with Crippen LogP contribution in [-0.4, -0.2) is 33.4 Å². The topological polar surface area (TPSA) is 77.4 Å². The number of anilines is 1. The monoisotopic (exact) mass is 450 g/mol. The fourth-order valence-electron chi connectivity index (χ4n) is 3.53. The number of nitrogens with zero attached hydrogens (tertiary/aromatic N) is 4. The van der Waals surface area contributed by atoms with Crippen molar-refractivity contribution in [2.45, 2.75) is 39.1 Å². The maximum absolute atomic E-state index is 12.9. The van der Waals surface area contributed by atoms with E-state index >= 15 is 0 Å². The molecule has 0 N–H and O–H groups in total. The van der Waals surface area contributed by atoms with Crippen LogP contribution in [0.15, 0.2) is 53.7 Å². The number of fused-ring (bicyclic) bond motifs is 3.